The summed E-state index contributed by atoms with van der Waals surface area (Å²) in [6.07, 6.45) is 1.33. The Morgan fingerprint density at radius 3 is 2.32 bits per heavy atom. The molecule has 0 radical (unpaired) electrons. The summed E-state index contributed by atoms with van der Waals surface area (Å²) in [6, 6.07) is 6.64. The fourth-order valence-electron chi connectivity index (χ4n) is 5.79. The topological polar surface area (TPSA) is 133 Å². The van der Waals surface area contributed by atoms with Gasteiger partial charge in [-0.3, -0.25) is 9.59 Å². The van der Waals surface area contributed by atoms with E-state index in [0.29, 0.717) is 19.3 Å². The summed E-state index contributed by atoms with van der Waals surface area (Å²) in [5.74, 6) is -4.07. The number of benzene rings is 2. The van der Waals surface area contributed by atoms with Gasteiger partial charge < -0.3 is 20.8 Å². The maximum atomic E-state index is 13.6. The zero-order valence-electron chi connectivity index (χ0n) is 20.2. The van der Waals surface area contributed by atoms with Gasteiger partial charge in [0, 0.05) is 29.8 Å². The quantitative estimate of drug-likeness (QED) is 0.406. The van der Waals surface area contributed by atoms with Gasteiger partial charge in [0.2, 0.25) is 5.91 Å². The number of hydrogen-bond donors (Lipinski definition) is 4. The molecule has 3 unspecified atom stereocenters. The molecule has 4 aliphatic carbocycles. The minimum Gasteiger partial charge on any atom is -0.393 e. The number of hydrogen-bond acceptors (Lipinski definition) is 6. The van der Waals surface area contributed by atoms with Crippen LogP contribution in [0.2, 0.25) is 5.02 Å². The van der Waals surface area contributed by atoms with Crippen LogP contribution >= 0.6 is 11.6 Å². The lowest BCUT2D eigenvalue weighted by Gasteiger charge is -2.58. The number of aliphatic hydroxyl groups is 2. The van der Waals surface area contributed by atoms with E-state index in [1.807, 2.05) is 0 Å². The number of halogens is 3. The summed E-state index contributed by atoms with van der Waals surface area (Å²) in [5, 5.41) is 24.8. The molecule has 0 heterocycles. The number of nitrogens with one attached hydrogen (secondary N) is 2. The Labute approximate surface area is 223 Å². The van der Waals surface area contributed by atoms with E-state index < -0.39 is 44.3 Å². The van der Waals surface area contributed by atoms with Crippen LogP contribution in [0.5, 0.6) is 0 Å². The Bertz CT molecular complexity index is 1390. The molecule has 204 valence electrons. The van der Waals surface area contributed by atoms with Crippen LogP contribution in [0.25, 0.3) is 0 Å². The molecule has 4 aliphatic rings. The number of carbonyl (C=O) groups excluding carboxylic acids is 2. The minimum absolute atomic E-state index is 0.000453. The van der Waals surface area contributed by atoms with Crippen LogP contribution < -0.4 is 10.6 Å². The number of rotatable bonds is 7. The number of fused-ring (bicyclic) bond motifs is 2. The largest absolute Gasteiger partial charge is 0.393 e. The minimum atomic E-state index is -3.98. The first-order valence-corrected chi connectivity index (χ1v) is 14.3. The van der Waals surface area contributed by atoms with E-state index >= 15 is 0 Å². The molecule has 6 rings (SSSR count). The first kappa shape index (κ1) is 27.0. The van der Waals surface area contributed by atoms with Gasteiger partial charge in [0.25, 0.3) is 5.91 Å². The fourth-order valence-corrected chi connectivity index (χ4v) is 8.19. The van der Waals surface area contributed by atoms with Gasteiger partial charge in [-0.25, -0.2) is 17.2 Å². The molecule has 0 aromatic heterocycles. The lowest BCUT2D eigenvalue weighted by Crippen LogP contribution is -2.66. The van der Waals surface area contributed by atoms with Gasteiger partial charge in [-0.2, -0.15) is 0 Å². The highest BCUT2D eigenvalue weighted by molar-refractivity contribution is 7.92. The maximum Gasteiger partial charge on any atom is 0.255 e. The molecule has 8 nitrogen and oxygen atoms in total. The van der Waals surface area contributed by atoms with Crippen LogP contribution in [-0.4, -0.2) is 53.9 Å². The highest BCUT2D eigenvalue weighted by Gasteiger charge is 2.60. The summed E-state index contributed by atoms with van der Waals surface area (Å²) >= 11 is 6.23. The van der Waals surface area contributed by atoms with E-state index in [0.717, 1.165) is 18.2 Å². The number of carbonyl (C=O) groups is 2. The molecule has 4 N–H and O–H groups in total. The van der Waals surface area contributed by atoms with Crippen molar-refractivity contribution in [3.8, 4) is 0 Å². The van der Waals surface area contributed by atoms with Gasteiger partial charge in [-0.15, -0.1) is 0 Å². The lowest BCUT2D eigenvalue weighted by atomic mass is 9.53. The average Bonchev–Trinajstić information content (AvgIpc) is 2.87. The summed E-state index contributed by atoms with van der Waals surface area (Å²) in [5.41, 5.74) is -1.22. The molecule has 4 atom stereocenters. The predicted molar refractivity (Wildman–Crippen MR) is 134 cm³/mol. The van der Waals surface area contributed by atoms with Crippen molar-refractivity contribution in [1.29, 1.82) is 0 Å². The molecule has 0 saturated heterocycles. The van der Waals surface area contributed by atoms with Crippen molar-refractivity contribution < 1.29 is 37.0 Å². The Morgan fingerprint density at radius 1 is 1.00 bits per heavy atom. The normalized spacial score (nSPS) is 30.1. The van der Waals surface area contributed by atoms with E-state index in [9.17, 15) is 37.0 Å². The van der Waals surface area contributed by atoms with Crippen LogP contribution in [0, 0.1) is 29.4 Å². The van der Waals surface area contributed by atoms with Crippen LogP contribution in [0.15, 0.2) is 41.3 Å². The second kappa shape index (κ2) is 9.86. The second-order valence-corrected chi connectivity index (χ2v) is 13.1. The van der Waals surface area contributed by atoms with E-state index in [2.05, 4.69) is 10.6 Å². The molecule has 0 aliphatic heterocycles. The van der Waals surface area contributed by atoms with Crippen molar-refractivity contribution in [2.75, 3.05) is 11.9 Å². The molecular formula is C26H27ClF2N2O6S. The number of amides is 2. The van der Waals surface area contributed by atoms with Crippen molar-refractivity contribution in [2.45, 2.75) is 54.0 Å². The highest BCUT2D eigenvalue weighted by atomic mass is 35.5. The van der Waals surface area contributed by atoms with Crippen molar-refractivity contribution in [1.82, 2.24) is 5.32 Å². The zero-order chi connectivity index (χ0) is 27.4. The number of aliphatic hydroxyl groups excluding tert-OH is 1. The summed E-state index contributed by atoms with van der Waals surface area (Å²) < 4.78 is 53.8. The van der Waals surface area contributed by atoms with E-state index in [1.165, 1.54) is 18.2 Å². The average molecular weight is 569 g/mol. The number of sulfone groups is 1. The van der Waals surface area contributed by atoms with Gasteiger partial charge in [-0.1, -0.05) is 11.6 Å². The summed E-state index contributed by atoms with van der Waals surface area (Å²) in [4.78, 5) is 24.7. The second-order valence-electron chi connectivity index (χ2n) is 10.5. The van der Waals surface area contributed by atoms with Gasteiger partial charge in [-0.05, 0) is 74.3 Å². The van der Waals surface area contributed by atoms with Crippen LogP contribution in [0.4, 0.5) is 14.5 Å². The molecule has 4 saturated carbocycles. The highest BCUT2D eigenvalue weighted by Crippen LogP contribution is 2.55. The first-order chi connectivity index (χ1) is 17.9. The lowest BCUT2D eigenvalue weighted by molar-refractivity contribution is -0.175. The maximum absolute atomic E-state index is 13.6. The third-order valence-electron chi connectivity index (χ3n) is 8.22. The van der Waals surface area contributed by atoms with Crippen molar-refractivity contribution in [2.24, 2.45) is 17.8 Å². The van der Waals surface area contributed by atoms with E-state index in [-0.39, 0.29) is 64.2 Å². The Kier molecular flexibility index (Phi) is 7.00. The molecule has 4 fully saturated rings. The smallest absolute Gasteiger partial charge is 0.255 e. The van der Waals surface area contributed by atoms with Gasteiger partial charge in [0.15, 0.2) is 21.5 Å². The number of anilines is 1. The summed E-state index contributed by atoms with van der Waals surface area (Å²) in [7, 11) is -3.98. The molecule has 0 spiro atoms. The third-order valence-corrected chi connectivity index (χ3v) is 10.9. The molecule has 2 bridgehead atoms. The van der Waals surface area contributed by atoms with E-state index in [4.69, 9.17) is 11.6 Å². The van der Waals surface area contributed by atoms with Crippen molar-refractivity contribution in [3.05, 3.63) is 58.6 Å². The monoisotopic (exact) mass is 568 g/mol. The van der Waals surface area contributed by atoms with Gasteiger partial charge in [0.1, 0.15) is 0 Å². The molecular weight excluding hydrogens is 542 g/mol. The van der Waals surface area contributed by atoms with Gasteiger partial charge >= 0.3 is 0 Å². The Hall–Kier alpha value is -2.60. The molecule has 12 heteroatoms. The predicted octanol–water partition coefficient (Wildman–Crippen LogP) is 3.06. The molecule has 2 amide bonds. The van der Waals surface area contributed by atoms with Crippen molar-refractivity contribution >= 4 is 38.9 Å². The van der Waals surface area contributed by atoms with Crippen LogP contribution in [0.3, 0.4) is 0 Å². The fraction of sp³-hybridized carbons (Fsp3) is 0.462. The summed E-state index contributed by atoms with van der Waals surface area (Å²) in [6.45, 7) is 0.0287. The SMILES string of the molecule is O=C(Nc1ccc(F)c(F)c1)c1ccc(Cl)c(S(=O)(=O)C2CC3C[C@@H](C2)C3(O)CNC(=O)C2CC(O)C2)c1. The molecule has 2 aromatic rings. The Morgan fingerprint density at radius 2 is 1.68 bits per heavy atom. The van der Waals surface area contributed by atoms with E-state index in [1.54, 1.807) is 0 Å². The standard InChI is InChI=1S/C26H27ClF2N2O6S/c27-20-3-1-13(25(34)31-17-2-4-21(28)22(29)11-17)7-23(20)38(36,37)19-9-15-8-16(10-19)26(15,35)12-30-24(33)14-5-18(32)6-14/h1-4,7,11,14-16,18-19,32,35H,5-6,8-10,12H2,(H,30,33)(H,31,34)/t14?,15-,16?,18?,19?,26?/m0/s1. The third kappa shape index (κ3) is 4.81. The molecule has 38 heavy (non-hydrogen) atoms. The zero-order valence-corrected chi connectivity index (χ0v) is 21.7. The molecule has 2 aromatic carbocycles. The van der Waals surface area contributed by atoms with Gasteiger partial charge in [0.05, 0.1) is 26.9 Å². The van der Waals surface area contributed by atoms with Crippen LogP contribution in [0.1, 0.15) is 42.5 Å². The van der Waals surface area contributed by atoms with Crippen molar-refractivity contribution in [3.63, 3.8) is 0 Å². The van der Waals surface area contributed by atoms with Crippen LogP contribution in [-0.2, 0) is 14.6 Å². The first-order valence-electron chi connectivity index (χ1n) is 12.4. The Balaban J connectivity index is 1.27.